The molecule has 0 saturated heterocycles. The molecule has 1 N–H and O–H groups in total. The smallest absolute Gasteiger partial charge is 0.0695 e. The van der Waals surface area contributed by atoms with Gasteiger partial charge in [-0.15, -0.1) is 0 Å². The van der Waals surface area contributed by atoms with E-state index >= 15 is 0 Å². The molecule has 0 heterocycles. The lowest BCUT2D eigenvalue weighted by Gasteiger charge is -2.46. The van der Waals surface area contributed by atoms with E-state index in [9.17, 15) is 5.11 Å². The van der Waals surface area contributed by atoms with Crippen molar-refractivity contribution in [1.82, 2.24) is 0 Å². The molecular formula is C17H28O. The maximum atomic E-state index is 9.70. The molecule has 0 aromatic carbocycles. The first-order valence-corrected chi connectivity index (χ1v) is 7.71. The second-order valence-corrected chi connectivity index (χ2v) is 7.85. The van der Waals surface area contributed by atoms with Gasteiger partial charge in [-0.2, -0.15) is 0 Å². The maximum absolute atomic E-state index is 9.70. The van der Waals surface area contributed by atoms with Gasteiger partial charge in [-0.3, -0.25) is 0 Å². The van der Waals surface area contributed by atoms with Crippen molar-refractivity contribution in [2.75, 3.05) is 0 Å². The molecule has 1 heteroatoms. The summed E-state index contributed by atoms with van der Waals surface area (Å²) in [6, 6.07) is 0. The highest BCUT2D eigenvalue weighted by atomic mass is 16.3. The average Bonchev–Trinajstić information content (AvgIpc) is 2.56. The standard InChI is InChI=1S/C17H28O/c1-12(10-13(2)18)17-8-5-7-16(4)14(17)6-9-15(16,3)11-17/h10,13-14,18H,5-9,11H2,1-4H3/b12-10+/t13?,14-,15-,16-,17-/m0/s1. The molecule has 0 radical (unpaired) electrons. The third-order valence-electron chi connectivity index (χ3n) is 7.10. The summed E-state index contributed by atoms with van der Waals surface area (Å²) < 4.78 is 0. The van der Waals surface area contributed by atoms with Crippen LogP contribution in [0.5, 0.6) is 0 Å². The van der Waals surface area contributed by atoms with Crippen LogP contribution in [0.4, 0.5) is 0 Å². The number of hydrogen-bond donors (Lipinski definition) is 1. The van der Waals surface area contributed by atoms with E-state index in [1.165, 1.54) is 44.1 Å². The van der Waals surface area contributed by atoms with Crippen molar-refractivity contribution >= 4 is 0 Å². The van der Waals surface area contributed by atoms with Crippen LogP contribution in [0.2, 0.25) is 0 Å². The van der Waals surface area contributed by atoms with Gasteiger partial charge in [-0.25, -0.2) is 0 Å². The van der Waals surface area contributed by atoms with Gasteiger partial charge in [0.15, 0.2) is 0 Å². The van der Waals surface area contributed by atoms with Gasteiger partial charge in [0.05, 0.1) is 6.10 Å². The minimum atomic E-state index is -0.292. The Morgan fingerprint density at radius 3 is 2.67 bits per heavy atom. The van der Waals surface area contributed by atoms with Crippen molar-refractivity contribution in [3.63, 3.8) is 0 Å². The summed E-state index contributed by atoms with van der Waals surface area (Å²) in [5.41, 5.74) is 3.04. The van der Waals surface area contributed by atoms with Crippen molar-refractivity contribution in [3.05, 3.63) is 11.6 Å². The molecule has 3 rings (SSSR count). The largest absolute Gasteiger partial charge is 0.389 e. The zero-order chi connectivity index (χ0) is 13.2. The summed E-state index contributed by atoms with van der Waals surface area (Å²) in [4.78, 5) is 0. The maximum Gasteiger partial charge on any atom is 0.0695 e. The number of rotatable bonds is 2. The number of aliphatic hydroxyl groups excluding tert-OH is 1. The second-order valence-electron chi connectivity index (χ2n) is 7.85. The Kier molecular flexibility index (Phi) is 2.56. The lowest BCUT2D eigenvalue weighted by atomic mass is 9.59. The van der Waals surface area contributed by atoms with Crippen molar-refractivity contribution in [1.29, 1.82) is 0 Å². The highest BCUT2D eigenvalue weighted by molar-refractivity contribution is 5.29. The van der Waals surface area contributed by atoms with E-state index in [1.807, 2.05) is 6.92 Å². The Morgan fingerprint density at radius 2 is 2.00 bits per heavy atom. The van der Waals surface area contributed by atoms with Crippen LogP contribution in [-0.4, -0.2) is 11.2 Å². The topological polar surface area (TPSA) is 20.2 Å². The molecule has 3 saturated carbocycles. The molecule has 0 aromatic rings. The van der Waals surface area contributed by atoms with Crippen LogP contribution in [0.1, 0.15) is 66.2 Å². The molecular weight excluding hydrogens is 220 g/mol. The Hall–Kier alpha value is -0.300. The summed E-state index contributed by atoms with van der Waals surface area (Å²) in [7, 11) is 0. The van der Waals surface area contributed by atoms with Gasteiger partial charge >= 0.3 is 0 Å². The fraction of sp³-hybridized carbons (Fsp3) is 0.882. The molecule has 18 heavy (non-hydrogen) atoms. The van der Waals surface area contributed by atoms with Crippen molar-refractivity contribution in [2.45, 2.75) is 72.3 Å². The van der Waals surface area contributed by atoms with E-state index in [2.05, 4.69) is 26.8 Å². The fourth-order valence-corrected chi connectivity index (χ4v) is 6.13. The molecule has 4 bridgehead atoms. The van der Waals surface area contributed by atoms with E-state index in [0.717, 1.165) is 5.92 Å². The highest BCUT2D eigenvalue weighted by Crippen LogP contribution is 2.78. The molecule has 3 aliphatic rings. The van der Waals surface area contributed by atoms with E-state index < -0.39 is 0 Å². The normalized spacial score (nSPS) is 52.7. The molecule has 5 atom stereocenters. The van der Waals surface area contributed by atoms with E-state index in [1.54, 1.807) is 0 Å². The average molecular weight is 248 g/mol. The van der Waals surface area contributed by atoms with Gasteiger partial charge in [-0.1, -0.05) is 31.9 Å². The molecule has 0 aliphatic heterocycles. The minimum Gasteiger partial charge on any atom is -0.389 e. The van der Waals surface area contributed by atoms with Crippen LogP contribution in [0.25, 0.3) is 0 Å². The van der Waals surface area contributed by atoms with E-state index in [4.69, 9.17) is 0 Å². The summed E-state index contributed by atoms with van der Waals surface area (Å²) >= 11 is 0. The van der Waals surface area contributed by atoms with Crippen LogP contribution < -0.4 is 0 Å². The Balaban J connectivity index is 2.05. The van der Waals surface area contributed by atoms with Crippen LogP contribution in [-0.2, 0) is 0 Å². The molecule has 3 fully saturated rings. The first-order valence-electron chi connectivity index (χ1n) is 7.71. The SMILES string of the molecule is C/C(=C\C(C)O)[C@@]12CCC[C@@]3(C)[C@@H]1CC[C@@]3(C)C2. The zero-order valence-corrected chi connectivity index (χ0v) is 12.4. The second kappa shape index (κ2) is 3.62. The van der Waals surface area contributed by atoms with Gasteiger partial charge in [-0.05, 0) is 68.1 Å². The van der Waals surface area contributed by atoms with Crippen molar-refractivity contribution < 1.29 is 5.11 Å². The first-order chi connectivity index (χ1) is 8.34. The summed E-state index contributed by atoms with van der Waals surface area (Å²) in [6.07, 6.45) is 10.2. The number of hydrogen-bond acceptors (Lipinski definition) is 1. The Morgan fingerprint density at radius 1 is 1.28 bits per heavy atom. The fourth-order valence-electron chi connectivity index (χ4n) is 6.13. The van der Waals surface area contributed by atoms with E-state index in [-0.39, 0.29) is 6.10 Å². The van der Waals surface area contributed by atoms with Gasteiger partial charge < -0.3 is 5.11 Å². The van der Waals surface area contributed by atoms with E-state index in [0.29, 0.717) is 16.2 Å². The monoisotopic (exact) mass is 248 g/mol. The summed E-state index contributed by atoms with van der Waals surface area (Å²) in [5, 5.41) is 9.70. The van der Waals surface area contributed by atoms with Gasteiger partial charge in [0.25, 0.3) is 0 Å². The van der Waals surface area contributed by atoms with Gasteiger partial charge in [0.1, 0.15) is 0 Å². The lowest BCUT2D eigenvalue weighted by molar-refractivity contribution is 0.0716. The number of aliphatic hydroxyl groups is 1. The molecule has 0 amide bonds. The first kappa shape index (κ1) is 12.7. The zero-order valence-electron chi connectivity index (χ0n) is 12.4. The highest BCUT2D eigenvalue weighted by Gasteiger charge is 2.70. The van der Waals surface area contributed by atoms with Crippen LogP contribution in [0.3, 0.4) is 0 Å². The Labute approximate surface area is 112 Å². The minimum absolute atomic E-state index is 0.292. The molecule has 1 unspecified atom stereocenters. The van der Waals surface area contributed by atoms with Crippen LogP contribution in [0.15, 0.2) is 11.6 Å². The molecule has 3 aliphatic carbocycles. The molecule has 102 valence electrons. The number of allylic oxidation sites excluding steroid dienone is 1. The van der Waals surface area contributed by atoms with Crippen LogP contribution >= 0.6 is 0 Å². The summed E-state index contributed by atoms with van der Waals surface area (Å²) in [6.45, 7) is 9.26. The van der Waals surface area contributed by atoms with Crippen molar-refractivity contribution in [3.8, 4) is 0 Å². The third-order valence-corrected chi connectivity index (χ3v) is 7.10. The summed E-state index contributed by atoms with van der Waals surface area (Å²) in [5.74, 6) is 0.874. The predicted molar refractivity (Wildman–Crippen MR) is 75.3 cm³/mol. The Bertz CT molecular complexity index is 396. The van der Waals surface area contributed by atoms with Gasteiger partial charge in [0, 0.05) is 0 Å². The quantitative estimate of drug-likeness (QED) is 0.722. The lowest BCUT2D eigenvalue weighted by Crippen LogP contribution is -2.37. The predicted octanol–water partition coefficient (Wildman–Crippen LogP) is 4.31. The van der Waals surface area contributed by atoms with Crippen LogP contribution in [0, 0.1) is 22.2 Å². The van der Waals surface area contributed by atoms with Gasteiger partial charge in [0.2, 0.25) is 0 Å². The molecule has 1 nitrogen and oxygen atoms in total. The van der Waals surface area contributed by atoms with Crippen molar-refractivity contribution in [2.24, 2.45) is 22.2 Å². The molecule has 0 spiro atoms. The third kappa shape index (κ3) is 1.32. The molecule has 0 aromatic heterocycles.